The van der Waals surface area contributed by atoms with Crippen LogP contribution in [0.25, 0.3) is 27.9 Å². The molecule has 166 valence electrons. The van der Waals surface area contributed by atoms with Gasteiger partial charge in [0.25, 0.3) is 0 Å². The van der Waals surface area contributed by atoms with Crippen molar-refractivity contribution in [2.75, 3.05) is 7.11 Å². The molecule has 0 saturated heterocycles. The molecule has 0 atom stereocenters. The lowest BCUT2D eigenvalue weighted by Crippen LogP contribution is -2.21. The topological polar surface area (TPSA) is 61.4 Å². The Labute approximate surface area is 196 Å². The van der Waals surface area contributed by atoms with E-state index in [-0.39, 0.29) is 13.1 Å². The summed E-state index contributed by atoms with van der Waals surface area (Å²) in [7, 11) is 1.63. The Morgan fingerprint density at radius 1 is 0.909 bits per heavy atom. The smallest absolute Gasteiger partial charge is 0.350 e. The second kappa shape index (κ2) is 9.30. The summed E-state index contributed by atoms with van der Waals surface area (Å²) in [6.07, 6.45) is 5.23. The van der Waals surface area contributed by atoms with Crippen LogP contribution in [0.15, 0.2) is 90.1 Å². The summed E-state index contributed by atoms with van der Waals surface area (Å²) in [6.45, 7) is 0.358. The van der Waals surface area contributed by atoms with E-state index >= 15 is 0 Å². The van der Waals surface area contributed by atoms with Gasteiger partial charge in [-0.15, -0.1) is 5.10 Å². The lowest BCUT2D eigenvalue weighted by atomic mass is 9.96. The summed E-state index contributed by atoms with van der Waals surface area (Å²) >= 11 is 6.09. The molecule has 5 rings (SSSR count). The van der Waals surface area contributed by atoms with Crippen molar-refractivity contribution in [2.24, 2.45) is 0 Å². The molecule has 0 spiro atoms. The molecule has 0 aliphatic carbocycles. The highest BCUT2D eigenvalue weighted by atomic mass is 35.5. The monoisotopic (exact) mass is 458 g/mol. The summed E-state index contributed by atoms with van der Waals surface area (Å²) in [4.78, 5) is 17.3. The van der Waals surface area contributed by atoms with Gasteiger partial charge < -0.3 is 4.74 Å². The number of fused-ring (bicyclic) bond motifs is 1. The normalized spacial score (nSPS) is 10.7. The molecule has 0 radical (unpaired) electrons. The Morgan fingerprint density at radius 3 is 2.27 bits per heavy atom. The fraction of sp³-hybridized carbons (Fsp3) is 0.115. The fourth-order valence-electron chi connectivity index (χ4n) is 3.76. The summed E-state index contributed by atoms with van der Waals surface area (Å²) in [6, 6.07) is 21.0. The van der Waals surface area contributed by atoms with Crippen molar-refractivity contribution < 1.29 is 4.74 Å². The van der Waals surface area contributed by atoms with Crippen LogP contribution in [-0.2, 0) is 6.54 Å². The molecule has 0 bridgehead atoms. The van der Waals surface area contributed by atoms with Gasteiger partial charge in [0.2, 0.25) is 0 Å². The maximum atomic E-state index is 13.1. The minimum Gasteiger partial charge on any atom is -0.497 e. The molecule has 5 aromatic rings. The van der Waals surface area contributed by atoms with Crippen LogP contribution in [-0.4, -0.2) is 26.3 Å². The molecule has 0 aliphatic heterocycles. The highest BCUT2D eigenvalue weighted by Crippen LogP contribution is 2.34. The van der Waals surface area contributed by atoms with Crippen LogP contribution in [0.3, 0.4) is 0 Å². The Morgan fingerprint density at radius 2 is 1.61 bits per heavy atom. The standard InChI is InChI=1S/C25H19ClN4O2.CH4/c1-32-21-8-2-17(3-9-21)16-30-25(31)29-15-12-22(18-4-6-20(26)7-5-18)23(24(29)28-30)19-10-13-27-14-11-19;/h2-15H,16H2,1H3;1H4. The van der Waals surface area contributed by atoms with Crippen LogP contribution in [0.1, 0.15) is 13.0 Å². The summed E-state index contributed by atoms with van der Waals surface area (Å²) in [5, 5.41) is 5.39. The van der Waals surface area contributed by atoms with Gasteiger partial charge in [-0.1, -0.05) is 43.3 Å². The first-order valence-corrected chi connectivity index (χ1v) is 10.4. The number of pyridine rings is 2. The van der Waals surface area contributed by atoms with Gasteiger partial charge in [-0.2, -0.15) is 0 Å². The molecule has 0 unspecified atom stereocenters. The summed E-state index contributed by atoms with van der Waals surface area (Å²) in [5.74, 6) is 0.767. The number of ether oxygens (including phenoxy) is 1. The number of hydrogen-bond donors (Lipinski definition) is 0. The van der Waals surface area contributed by atoms with Gasteiger partial charge in [-0.05, 0) is 64.7 Å². The Hall–Kier alpha value is -3.90. The zero-order valence-corrected chi connectivity index (χ0v) is 18.0. The SMILES string of the molecule is C.COc1ccc(Cn2nc3c(-c4ccncc4)c(-c4ccc(Cl)cc4)ccn3c2=O)cc1. The number of benzene rings is 2. The molecule has 0 N–H and O–H groups in total. The molecule has 7 heteroatoms. The number of methoxy groups -OCH3 is 1. The van der Waals surface area contributed by atoms with Gasteiger partial charge in [0.15, 0.2) is 5.65 Å². The Balaban J connectivity index is 0.00000259. The van der Waals surface area contributed by atoms with E-state index in [1.54, 1.807) is 30.1 Å². The molecule has 2 aromatic carbocycles. The van der Waals surface area contributed by atoms with Crippen molar-refractivity contribution >= 4 is 17.2 Å². The van der Waals surface area contributed by atoms with Crippen molar-refractivity contribution in [2.45, 2.75) is 14.0 Å². The number of halogens is 1. The molecule has 3 heterocycles. The zero-order chi connectivity index (χ0) is 22.1. The van der Waals surface area contributed by atoms with E-state index in [1.807, 2.05) is 66.7 Å². The predicted molar refractivity (Wildman–Crippen MR) is 132 cm³/mol. The van der Waals surface area contributed by atoms with Gasteiger partial charge in [0.05, 0.1) is 13.7 Å². The van der Waals surface area contributed by atoms with Crippen LogP contribution in [0.2, 0.25) is 5.02 Å². The lowest BCUT2D eigenvalue weighted by Gasteiger charge is -2.11. The van der Waals surface area contributed by atoms with Gasteiger partial charge in [-0.3, -0.25) is 4.98 Å². The highest BCUT2D eigenvalue weighted by molar-refractivity contribution is 6.30. The van der Waals surface area contributed by atoms with E-state index in [1.165, 1.54) is 4.68 Å². The average molecular weight is 459 g/mol. The molecular formula is C26H23ClN4O2. The van der Waals surface area contributed by atoms with E-state index < -0.39 is 0 Å². The molecule has 0 fully saturated rings. The molecular weight excluding hydrogens is 436 g/mol. The minimum atomic E-state index is -0.200. The van der Waals surface area contributed by atoms with E-state index in [0.29, 0.717) is 17.2 Å². The molecule has 3 aromatic heterocycles. The highest BCUT2D eigenvalue weighted by Gasteiger charge is 2.17. The van der Waals surface area contributed by atoms with Gasteiger partial charge in [0.1, 0.15) is 5.75 Å². The number of nitrogens with zero attached hydrogens (tertiary/aromatic N) is 4. The molecule has 0 amide bonds. The van der Waals surface area contributed by atoms with Crippen molar-refractivity contribution in [1.29, 1.82) is 0 Å². The van der Waals surface area contributed by atoms with Crippen LogP contribution in [0, 0.1) is 0 Å². The summed E-state index contributed by atoms with van der Waals surface area (Å²) < 4.78 is 8.28. The quantitative estimate of drug-likeness (QED) is 0.345. The van der Waals surface area contributed by atoms with Crippen molar-refractivity contribution in [3.63, 3.8) is 0 Å². The predicted octanol–water partition coefficient (Wildman–Crippen LogP) is 5.57. The van der Waals surface area contributed by atoms with E-state index in [0.717, 1.165) is 33.6 Å². The Bertz CT molecular complexity index is 1440. The number of aromatic nitrogens is 4. The van der Waals surface area contributed by atoms with Gasteiger partial charge >= 0.3 is 5.69 Å². The first-order valence-electron chi connectivity index (χ1n) is 10.1. The first kappa shape index (κ1) is 22.3. The van der Waals surface area contributed by atoms with Gasteiger partial charge in [0, 0.05) is 29.2 Å². The zero-order valence-electron chi connectivity index (χ0n) is 17.3. The third-order valence-corrected chi connectivity index (χ3v) is 5.62. The van der Waals surface area contributed by atoms with Crippen LogP contribution in [0.5, 0.6) is 5.75 Å². The second-order valence-electron chi connectivity index (χ2n) is 7.33. The Kier molecular flexibility index (Phi) is 6.29. The van der Waals surface area contributed by atoms with Crippen LogP contribution >= 0.6 is 11.6 Å². The molecule has 33 heavy (non-hydrogen) atoms. The average Bonchev–Trinajstić information content (AvgIpc) is 3.15. The minimum absolute atomic E-state index is 0. The second-order valence-corrected chi connectivity index (χ2v) is 7.77. The first-order chi connectivity index (χ1) is 15.6. The number of rotatable bonds is 5. The maximum Gasteiger partial charge on any atom is 0.350 e. The van der Waals surface area contributed by atoms with E-state index in [9.17, 15) is 4.79 Å². The lowest BCUT2D eigenvalue weighted by molar-refractivity contribution is 0.414. The fourth-order valence-corrected chi connectivity index (χ4v) is 3.88. The third kappa shape index (κ3) is 4.25. The largest absolute Gasteiger partial charge is 0.497 e. The van der Waals surface area contributed by atoms with Crippen molar-refractivity contribution in [1.82, 2.24) is 19.2 Å². The third-order valence-electron chi connectivity index (χ3n) is 5.37. The van der Waals surface area contributed by atoms with Gasteiger partial charge in [-0.25, -0.2) is 13.9 Å². The van der Waals surface area contributed by atoms with Crippen molar-refractivity contribution in [3.8, 4) is 28.0 Å². The number of hydrogen-bond acceptors (Lipinski definition) is 4. The van der Waals surface area contributed by atoms with Crippen LogP contribution < -0.4 is 10.4 Å². The molecule has 0 saturated carbocycles. The summed E-state index contributed by atoms with van der Waals surface area (Å²) in [5.41, 5.74) is 5.08. The van der Waals surface area contributed by atoms with Crippen molar-refractivity contribution in [3.05, 3.63) is 106 Å². The van der Waals surface area contributed by atoms with Crippen LogP contribution in [0.4, 0.5) is 0 Å². The maximum absolute atomic E-state index is 13.1. The molecule has 0 aliphatic rings. The molecule has 6 nitrogen and oxygen atoms in total. The van der Waals surface area contributed by atoms with E-state index in [2.05, 4.69) is 4.98 Å². The van der Waals surface area contributed by atoms with E-state index in [4.69, 9.17) is 21.4 Å².